The Hall–Kier alpha value is -3.13. The van der Waals surface area contributed by atoms with Crippen LogP contribution in [0.3, 0.4) is 0 Å². The first-order valence-electron chi connectivity index (χ1n) is 9.08. The maximum absolute atomic E-state index is 13.2. The van der Waals surface area contributed by atoms with Crippen LogP contribution in [0.15, 0.2) is 65.4 Å². The maximum atomic E-state index is 13.2. The van der Waals surface area contributed by atoms with Crippen LogP contribution in [0.2, 0.25) is 0 Å². The van der Waals surface area contributed by atoms with Crippen LogP contribution in [0, 0.1) is 5.82 Å². The van der Waals surface area contributed by atoms with E-state index in [1.165, 1.54) is 18.2 Å². The standard InChI is InChI=1S/C22H20BrFN2O4/c1-14(30-19-5-3-16(24)11-18(19)23)22(27)26-17-4-6-20(28-2)21(12-17)29-13-15-7-9-25-10-8-15/h3-12,14H,13H2,1-2H3,(H,26,27). The van der Waals surface area contributed by atoms with Gasteiger partial charge in [-0.15, -0.1) is 0 Å². The lowest BCUT2D eigenvalue weighted by atomic mass is 10.2. The number of nitrogens with one attached hydrogen (secondary N) is 1. The summed E-state index contributed by atoms with van der Waals surface area (Å²) in [5.74, 6) is 0.638. The highest BCUT2D eigenvalue weighted by atomic mass is 79.9. The predicted molar refractivity (Wildman–Crippen MR) is 114 cm³/mol. The van der Waals surface area contributed by atoms with Crippen molar-refractivity contribution in [2.75, 3.05) is 12.4 Å². The third-order valence-electron chi connectivity index (χ3n) is 4.14. The predicted octanol–water partition coefficient (Wildman–Crippen LogP) is 4.98. The quantitative estimate of drug-likeness (QED) is 0.498. The van der Waals surface area contributed by atoms with Gasteiger partial charge in [0.15, 0.2) is 17.6 Å². The summed E-state index contributed by atoms with van der Waals surface area (Å²) < 4.78 is 30.4. The van der Waals surface area contributed by atoms with E-state index in [9.17, 15) is 9.18 Å². The molecule has 1 amide bonds. The first kappa shape index (κ1) is 21.6. The molecule has 1 atom stereocenters. The molecule has 1 heterocycles. The summed E-state index contributed by atoms with van der Waals surface area (Å²) in [6, 6.07) is 12.8. The lowest BCUT2D eigenvalue weighted by Crippen LogP contribution is -2.30. The van der Waals surface area contributed by atoms with Crippen molar-refractivity contribution < 1.29 is 23.4 Å². The van der Waals surface area contributed by atoms with E-state index in [1.54, 1.807) is 44.6 Å². The molecule has 1 N–H and O–H groups in total. The van der Waals surface area contributed by atoms with Crippen molar-refractivity contribution in [2.24, 2.45) is 0 Å². The molecule has 8 heteroatoms. The van der Waals surface area contributed by atoms with Crippen molar-refractivity contribution in [1.82, 2.24) is 4.98 Å². The van der Waals surface area contributed by atoms with Crippen molar-refractivity contribution in [1.29, 1.82) is 0 Å². The van der Waals surface area contributed by atoms with Crippen molar-refractivity contribution >= 4 is 27.5 Å². The van der Waals surface area contributed by atoms with Crippen molar-refractivity contribution in [3.05, 3.63) is 76.8 Å². The number of nitrogens with zero attached hydrogens (tertiary/aromatic N) is 1. The second-order valence-electron chi connectivity index (χ2n) is 6.33. The fourth-order valence-corrected chi connectivity index (χ4v) is 3.01. The van der Waals surface area contributed by atoms with Gasteiger partial charge in [0.05, 0.1) is 11.6 Å². The number of hydrogen-bond acceptors (Lipinski definition) is 5. The number of benzene rings is 2. The normalized spacial score (nSPS) is 11.5. The van der Waals surface area contributed by atoms with Crippen LogP contribution in [-0.2, 0) is 11.4 Å². The van der Waals surface area contributed by atoms with E-state index in [-0.39, 0.29) is 5.91 Å². The van der Waals surface area contributed by atoms with Gasteiger partial charge in [0.1, 0.15) is 18.2 Å². The molecule has 0 saturated heterocycles. The van der Waals surface area contributed by atoms with Crippen LogP contribution in [0.5, 0.6) is 17.2 Å². The van der Waals surface area contributed by atoms with Crippen molar-refractivity contribution in [3.63, 3.8) is 0 Å². The van der Waals surface area contributed by atoms with Gasteiger partial charge in [-0.2, -0.15) is 0 Å². The molecule has 3 aromatic rings. The third kappa shape index (κ3) is 5.70. The molecule has 6 nitrogen and oxygen atoms in total. The van der Waals surface area contributed by atoms with Gasteiger partial charge in [-0.05, 0) is 70.9 Å². The Morgan fingerprint density at radius 1 is 1.10 bits per heavy atom. The number of aromatic nitrogens is 1. The van der Waals surface area contributed by atoms with Gasteiger partial charge in [-0.1, -0.05) is 0 Å². The maximum Gasteiger partial charge on any atom is 0.265 e. The Bertz CT molecular complexity index is 1020. The number of carbonyl (C=O) groups excluding carboxylic acids is 1. The van der Waals surface area contributed by atoms with E-state index in [1.807, 2.05) is 12.1 Å². The number of pyridine rings is 1. The fraction of sp³-hybridized carbons (Fsp3) is 0.182. The summed E-state index contributed by atoms with van der Waals surface area (Å²) in [5, 5.41) is 2.78. The molecule has 0 aliphatic carbocycles. The minimum atomic E-state index is -0.810. The summed E-state index contributed by atoms with van der Waals surface area (Å²) in [6.07, 6.45) is 2.57. The van der Waals surface area contributed by atoms with Gasteiger partial charge in [-0.25, -0.2) is 4.39 Å². The number of hydrogen-bond donors (Lipinski definition) is 1. The summed E-state index contributed by atoms with van der Waals surface area (Å²) in [7, 11) is 1.54. The monoisotopic (exact) mass is 474 g/mol. The molecule has 0 bridgehead atoms. The lowest BCUT2D eigenvalue weighted by Gasteiger charge is -2.17. The van der Waals surface area contributed by atoms with Gasteiger partial charge >= 0.3 is 0 Å². The Labute approximate surface area is 182 Å². The van der Waals surface area contributed by atoms with Gasteiger partial charge < -0.3 is 19.5 Å². The molecule has 1 unspecified atom stereocenters. The first-order chi connectivity index (χ1) is 14.5. The number of ether oxygens (including phenoxy) is 3. The van der Waals surface area contributed by atoms with E-state index in [0.717, 1.165) is 5.56 Å². The van der Waals surface area contributed by atoms with E-state index in [2.05, 4.69) is 26.2 Å². The van der Waals surface area contributed by atoms with E-state index in [0.29, 0.717) is 34.0 Å². The average Bonchev–Trinajstić information content (AvgIpc) is 2.75. The van der Waals surface area contributed by atoms with Gasteiger partial charge in [0.2, 0.25) is 0 Å². The van der Waals surface area contributed by atoms with Crippen LogP contribution in [0.25, 0.3) is 0 Å². The van der Waals surface area contributed by atoms with Gasteiger partial charge in [0.25, 0.3) is 5.91 Å². The molecule has 1 aromatic heterocycles. The zero-order valence-corrected chi connectivity index (χ0v) is 18.0. The first-order valence-corrected chi connectivity index (χ1v) is 9.88. The van der Waals surface area contributed by atoms with Gasteiger partial charge in [0, 0.05) is 24.1 Å². The third-order valence-corrected chi connectivity index (χ3v) is 4.76. The summed E-state index contributed by atoms with van der Waals surface area (Å²) in [6.45, 7) is 1.93. The van der Waals surface area contributed by atoms with Crippen LogP contribution >= 0.6 is 15.9 Å². The minimum Gasteiger partial charge on any atom is -0.493 e. The summed E-state index contributed by atoms with van der Waals surface area (Å²) in [4.78, 5) is 16.5. The van der Waals surface area contributed by atoms with Crippen molar-refractivity contribution in [3.8, 4) is 17.2 Å². The van der Waals surface area contributed by atoms with Crippen molar-refractivity contribution in [2.45, 2.75) is 19.6 Å². The van der Waals surface area contributed by atoms with E-state index < -0.39 is 11.9 Å². The highest BCUT2D eigenvalue weighted by molar-refractivity contribution is 9.10. The summed E-state index contributed by atoms with van der Waals surface area (Å²) >= 11 is 3.22. The molecule has 0 saturated carbocycles. The molecular formula is C22H20BrFN2O4. The summed E-state index contributed by atoms with van der Waals surface area (Å²) in [5.41, 5.74) is 1.48. The zero-order chi connectivity index (χ0) is 21.5. The van der Waals surface area contributed by atoms with Gasteiger partial charge in [-0.3, -0.25) is 9.78 Å². The molecule has 0 spiro atoms. The van der Waals surface area contributed by atoms with Crippen LogP contribution in [-0.4, -0.2) is 24.1 Å². The number of anilines is 1. The molecule has 30 heavy (non-hydrogen) atoms. The number of methoxy groups -OCH3 is 1. The van der Waals surface area contributed by atoms with Crippen LogP contribution in [0.1, 0.15) is 12.5 Å². The lowest BCUT2D eigenvalue weighted by molar-refractivity contribution is -0.122. The second kappa shape index (κ2) is 10.1. The molecule has 3 rings (SSSR count). The number of rotatable bonds is 8. The molecular weight excluding hydrogens is 455 g/mol. The smallest absolute Gasteiger partial charge is 0.265 e. The molecule has 156 valence electrons. The number of amides is 1. The zero-order valence-electron chi connectivity index (χ0n) is 16.4. The average molecular weight is 475 g/mol. The molecule has 0 fully saturated rings. The Balaban J connectivity index is 1.66. The molecule has 0 aliphatic rings. The highest BCUT2D eigenvalue weighted by Gasteiger charge is 2.17. The Morgan fingerprint density at radius 2 is 1.83 bits per heavy atom. The number of halogens is 2. The largest absolute Gasteiger partial charge is 0.493 e. The Morgan fingerprint density at radius 3 is 2.53 bits per heavy atom. The molecule has 0 radical (unpaired) electrons. The highest BCUT2D eigenvalue weighted by Crippen LogP contribution is 2.31. The number of carbonyl (C=O) groups is 1. The molecule has 0 aliphatic heterocycles. The van der Waals surface area contributed by atoms with E-state index >= 15 is 0 Å². The minimum absolute atomic E-state index is 0.328. The topological polar surface area (TPSA) is 69.7 Å². The fourth-order valence-electron chi connectivity index (χ4n) is 2.57. The van der Waals surface area contributed by atoms with Crippen LogP contribution < -0.4 is 19.5 Å². The second-order valence-corrected chi connectivity index (χ2v) is 7.19. The Kier molecular flexibility index (Phi) is 7.24. The SMILES string of the molecule is COc1ccc(NC(=O)C(C)Oc2ccc(F)cc2Br)cc1OCc1ccncc1. The molecule has 2 aromatic carbocycles. The van der Waals surface area contributed by atoms with Crippen LogP contribution in [0.4, 0.5) is 10.1 Å². The van der Waals surface area contributed by atoms with E-state index in [4.69, 9.17) is 14.2 Å².